The molecule has 28 heavy (non-hydrogen) atoms. The van der Waals surface area contributed by atoms with E-state index in [1.54, 1.807) is 14.0 Å². The Bertz CT molecular complexity index is 859. The monoisotopic (exact) mass is 520 g/mol. The fourth-order valence-electron chi connectivity index (χ4n) is 2.44. The molecule has 0 unspecified atom stereocenters. The number of fused-ring (bicyclic) bond motifs is 1. The molecule has 9 heteroatoms. The highest BCUT2D eigenvalue weighted by Gasteiger charge is 2.05. The molecular weight excluding hydrogens is 491 g/mol. The van der Waals surface area contributed by atoms with Crippen LogP contribution < -0.4 is 20.1 Å². The SMILES string of the molecule is CCS(=O)(=O)NCCNC(=NC)NCCCOc1ccc2ccccc2c1.I. The zero-order valence-electron chi connectivity index (χ0n) is 16.3. The van der Waals surface area contributed by atoms with Crippen molar-refractivity contribution in [2.24, 2.45) is 4.99 Å². The van der Waals surface area contributed by atoms with Gasteiger partial charge in [0.1, 0.15) is 5.75 Å². The summed E-state index contributed by atoms with van der Waals surface area (Å²) in [6.45, 7) is 3.69. The highest BCUT2D eigenvalue weighted by Crippen LogP contribution is 2.20. The first-order chi connectivity index (χ1) is 13.0. The first-order valence-electron chi connectivity index (χ1n) is 9.07. The van der Waals surface area contributed by atoms with Gasteiger partial charge in [0, 0.05) is 26.7 Å². The van der Waals surface area contributed by atoms with Gasteiger partial charge in [-0.3, -0.25) is 4.99 Å². The zero-order valence-corrected chi connectivity index (χ0v) is 19.4. The van der Waals surface area contributed by atoms with Crippen molar-refractivity contribution in [3.05, 3.63) is 42.5 Å². The number of hydrogen-bond acceptors (Lipinski definition) is 4. The van der Waals surface area contributed by atoms with E-state index in [9.17, 15) is 8.42 Å². The highest BCUT2D eigenvalue weighted by atomic mass is 127. The van der Waals surface area contributed by atoms with Crippen molar-refractivity contribution < 1.29 is 13.2 Å². The maximum absolute atomic E-state index is 11.3. The largest absolute Gasteiger partial charge is 0.494 e. The van der Waals surface area contributed by atoms with Gasteiger partial charge in [0.05, 0.1) is 12.4 Å². The molecule has 0 spiro atoms. The van der Waals surface area contributed by atoms with Gasteiger partial charge in [-0.2, -0.15) is 0 Å². The number of hydrogen-bond donors (Lipinski definition) is 3. The predicted molar refractivity (Wildman–Crippen MR) is 126 cm³/mol. The average molecular weight is 520 g/mol. The molecule has 2 aromatic rings. The number of nitrogens with zero attached hydrogens (tertiary/aromatic N) is 1. The molecule has 0 fully saturated rings. The molecule has 0 saturated heterocycles. The Hall–Kier alpha value is -1.59. The summed E-state index contributed by atoms with van der Waals surface area (Å²) in [6.07, 6.45) is 0.815. The molecule has 2 rings (SSSR count). The maximum Gasteiger partial charge on any atom is 0.211 e. The Kier molecular flexibility index (Phi) is 11.2. The molecule has 0 aromatic heterocycles. The van der Waals surface area contributed by atoms with E-state index in [0.29, 0.717) is 32.2 Å². The molecule has 0 aliphatic carbocycles. The number of ether oxygens (including phenoxy) is 1. The van der Waals surface area contributed by atoms with Crippen molar-refractivity contribution in [3.63, 3.8) is 0 Å². The second kappa shape index (κ2) is 12.8. The number of nitrogens with one attached hydrogen (secondary N) is 3. The summed E-state index contributed by atoms with van der Waals surface area (Å²) in [4.78, 5) is 4.11. The summed E-state index contributed by atoms with van der Waals surface area (Å²) in [5.74, 6) is 1.58. The normalized spacial score (nSPS) is 11.7. The van der Waals surface area contributed by atoms with Crippen LogP contribution >= 0.6 is 24.0 Å². The minimum atomic E-state index is -3.16. The third-order valence-electron chi connectivity index (χ3n) is 3.95. The summed E-state index contributed by atoms with van der Waals surface area (Å²) in [5, 5.41) is 8.60. The van der Waals surface area contributed by atoms with E-state index >= 15 is 0 Å². The quantitative estimate of drug-likeness (QED) is 0.194. The molecule has 2 aromatic carbocycles. The van der Waals surface area contributed by atoms with Crippen LogP contribution in [0.15, 0.2) is 47.5 Å². The third kappa shape index (κ3) is 8.61. The lowest BCUT2D eigenvalue weighted by Gasteiger charge is -2.12. The Morgan fingerprint density at radius 1 is 1.04 bits per heavy atom. The highest BCUT2D eigenvalue weighted by molar-refractivity contribution is 14.0. The van der Waals surface area contributed by atoms with Gasteiger partial charge >= 0.3 is 0 Å². The summed E-state index contributed by atoms with van der Waals surface area (Å²) >= 11 is 0. The van der Waals surface area contributed by atoms with Crippen LogP contribution in [0.4, 0.5) is 0 Å². The van der Waals surface area contributed by atoms with E-state index in [0.717, 1.165) is 17.6 Å². The van der Waals surface area contributed by atoms with Crippen molar-refractivity contribution in [2.75, 3.05) is 39.0 Å². The van der Waals surface area contributed by atoms with E-state index in [1.807, 2.05) is 24.3 Å². The second-order valence-corrected chi connectivity index (χ2v) is 8.03. The molecule has 7 nitrogen and oxygen atoms in total. The lowest BCUT2D eigenvalue weighted by Crippen LogP contribution is -2.42. The van der Waals surface area contributed by atoms with Gasteiger partial charge in [-0.1, -0.05) is 30.3 Å². The van der Waals surface area contributed by atoms with E-state index in [-0.39, 0.29) is 29.7 Å². The minimum absolute atomic E-state index is 0. The van der Waals surface area contributed by atoms with Crippen molar-refractivity contribution in [2.45, 2.75) is 13.3 Å². The number of sulfonamides is 1. The molecule has 0 aliphatic rings. The van der Waals surface area contributed by atoms with Gasteiger partial charge in [-0.15, -0.1) is 24.0 Å². The smallest absolute Gasteiger partial charge is 0.211 e. The molecule has 0 bridgehead atoms. The number of benzene rings is 2. The van der Waals surface area contributed by atoms with E-state index in [4.69, 9.17) is 4.74 Å². The average Bonchev–Trinajstić information content (AvgIpc) is 2.69. The Labute approximate surface area is 184 Å². The minimum Gasteiger partial charge on any atom is -0.494 e. The summed E-state index contributed by atoms with van der Waals surface area (Å²) < 4.78 is 31.0. The van der Waals surface area contributed by atoms with Crippen LogP contribution in [0.2, 0.25) is 0 Å². The summed E-state index contributed by atoms with van der Waals surface area (Å²) in [7, 11) is -1.48. The van der Waals surface area contributed by atoms with E-state index < -0.39 is 10.0 Å². The molecule has 0 heterocycles. The third-order valence-corrected chi connectivity index (χ3v) is 5.35. The van der Waals surface area contributed by atoms with Crippen molar-refractivity contribution in [1.82, 2.24) is 15.4 Å². The van der Waals surface area contributed by atoms with Crippen molar-refractivity contribution in [1.29, 1.82) is 0 Å². The molecule has 0 amide bonds. The van der Waals surface area contributed by atoms with Crippen LogP contribution in [-0.2, 0) is 10.0 Å². The predicted octanol–water partition coefficient (Wildman–Crippen LogP) is 2.33. The molecule has 0 aliphatic heterocycles. The summed E-state index contributed by atoms with van der Waals surface area (Å²) in [6, 6.07) is 14.3. The molecule has 156 valence electrons. The number of rotatable bonds is 10. The fraction of sp³-hybridized carbons (Fsp3) is 0.421. The number of aliphatic imine (C=N–C) groups is 1. The first-order valence-corrected chi connectivity index (χ1v) is 10.7. The Morgan fingerprint density at radius 3 is 2.46 bits per heavy atom. The van der Waals surface area contributed by atoms with Crippen LogP contribution in [0.5, 0.6) is 5.75 Å². The van der Waals surface area contributed by atoms with Gasteiger partial charge in [0.15, 0.2) is 5.96 Å². The number of halogens is 1. The van der Waals surface area contributed by atoms with Crippen molar-refractivity contribution >= 4 is 50.7 Å². The van der Waals surface area contributed by atoms with Crippen LogP contribution in [0.1, 0.15) is 13.3 Å². The molecule has 0 saturated carbocycles. The van der Waals surface area contributed by atoms with E-state index in [1.165, 1.54) is 5.39 Å². The van der Waals surface area contributed by atoms with Gasteiger partial charge in [-0.05, 0) is 36.2 Å². The van der Waals surface area contributed by atoms with Crippen LogP contribution in [0, 0.1) is 0 Å². The first kappa shape index (κ1) is 24.4. The Morgan fingerprint density at radius 2 is 1.75 bits per heavy atom. The molecule has 3 N–H and O–H groups in total. The summed E-state index contributed by atoms with van der Waals surface area (Å²) in [5.41, 5.74) is 0. The van der Waals surface area contributed by atoms with Gasteiger partial charge < -0.3 is 15.4 Å². The second-order valence-electron chi connectivity index (χ2n) is 5.93. The van der Waals surface area contributed by atoms with Gasteiger partial charge in [0.2, 0.25) is 10.0 Å². The van der Waals surface area contributed by atoms with E-state index in [2.05, 4.69) is 38.5 Å². The van der Waals surface area contributed by atoms with Crippen molar-refractivity contribution in [3.8, 4) is 5.75 Å². The Balaban J connectivity index is 0.00000392. The van der Waals surface area contributed by atoms with Crippen LogP contribution in [0.3, 0.4) is 0 Å². The van der Waals surface area contributed by atoms with Gasteiger partial charge in [-0.25, -0.2) is 13.1 Å². The fourth-order valence-corrected chi connectivity index (χ4v) is 3.05. The maximum atomic E-state index is 11.3. The number of guanidine groups is 1. The topological polar surface area (TPSA) is 91.8 Å². The molecule has 0 radical (unpaired) electrons. The lowest BCUT2D eigenvalue weighted by atomic mass is 10.1. The van der Waals surface area contributed by atoms with Crippen LogP contribution in [0.25, 0.3) is 10.8 Å². The molecular formula is C19H29IN4O3S. The van der Waals surface area contributed by atoms with Gasteiger partial charge in [0.25, 0.3) is 0 Å². The standard InChI is InChI=1S/C19H28N4O3S.HI/c1-3-27(24,25)23-13-12-22-19(20-2)21-11-6-14-26-18-10-9-16-7-4-5-8-17(16)15-18;/h4-5,7-10,15,23H,3,6,11-14H2,1-2H3,(H2,20,21,22);1H. The lowest BCUT2D eigenvalue weighted by molar-refractivity contribution is 0.311. The molecule has 0 atom stereocenters. The van der Waals surface area contributed by atoms with Crippen LogP contribution in [-0.4, -0.2) is 53.4 Å². The zero-order chi connectivity index (χ0) is 19.5.